The fraction of sp³-hybridized carbons (Fsp3) is 0.0870. The third kappa shape index (κ3) is 4.28. The van der Waals surface area contributed by atoms with Gasteiger partial charge in [-0.3, -0.25) is 9.59 Å². The number of anilines is 3. The van der Waals surface area contributed by atoms with Crippen LogP contribution in [0.25, 0.3) is 0 Å². The molecule has 0 aromatic heterocycles. The van der Waals surface area contributed by atoms with Gasteiger partial charge >= 0.3 is 6.03 Å². The minimum atomic E-state index is -1.92. The number of hydrogen-bond acceptors (Lipinski definition) is 4. The second kappa shape index (κ2) is 8.22. The standard InChI is InChI=1S/C23H18ClN3O4/c24-15-4-3-5-17(12-15)26-22(30)25-16-10-8-14(9-11-16)20(28)13-23(31)18-6-1-2-7-19(18)27-21(23)29/h1-12,31H,13H2,(H,27,29)(H2,25,26,30). The smallest absolute Gasteiger partial charge is 0.323 e. The highest BCUT2D eigenvalue weighted by molar-refractivity contribution is 6.30. The minimum absolute atomic E-state index is 0.311. The monoisotopic (exact) mass is 435 g/mol. The number of hydrogen-bond donors (Lipinski definition) is 4. The molecule has 3 aromatic rings. The van der Waals surface area contributed by atoms with E-state index < -0.39 is 29.7 Å². The third-order valence-corrected chi connectivity index (χ3v) is 5.20. The van der Waals surface area contributed by atoms with Crippen molar-refractivity contribution in [3.63, 3.8) is 0 Å². The molecule has 31 heavy (non-hydrogen) atoms. The van der Waals surface area contributed by atoms with E-state index in [0.29, 0.717) is 33.2 Å². The van der Waals surface area contributed by atoms with Gasteiger partial charge in [-0.15, -0.1) is 0 Å². The Labute approximate surface area is 183 Å². The van der Waals surface area contributed by atoms with E-state index in [-0.39, 0.29) is 0 Å². The Kier molecular flexibility index (Phi) is 5.46. The van der Waals surface area contributed by atoms with Gasteiger partial charge in [0.25, 0.3) is 5.91 Å². The Balaban J connectivity index is 1.42. The fourth-order valence-electron chi connectivity index (χ4n) is 3.41. The second-order valence-corrected chi connectivity index (χ2v) is 7.56. The number of fused-ring (bicyclic) bond motifs is 1. The molecule has 1 unspecified atom stereocenters. The molecule has 1 aliphatic rings. The zero-order chi connectivity index (χ0) is 22.0. The summed E-state index contributed by atoms with van der Waals surface area (Å²) in [6.45, 7) is 0. The van der Waals surface area contributed by atoms with Crippen molar-refractivity contribution in [1.82, 2.24) is 0 Å². The van der Waals surface area contributed by atoms with E-state index in [2.05, 4.69) is 16.0 Å². The van der Waals surface area contributed by atoms with E-state index in [1.54, 1.807) is 60.7 Å². The molecule has 8 heteroatoms. The Bertz CT molecular complexity index is 1180. The molecule has 0 saturated heterocycles. The molecule has 4 rings (SSSR count). The lowest BCUT2D eigenvalue weighted by Crippen LogP contribution is -2.36. The average molecular weight is 436 g/mol. The van der Waals surface area contributed by atoms with Crippen molar-refractivity contribution in [2.75, 3.05) is 16.0 Å². The maximum Gasteiger partial charge on any atom is 0.323 e. The van der Waals surface area contributed by atoms with Crippen molar-refractivity contribution in [1.29, 1.82) is 0 Å². The highest BCUT2D eigenvalue weighted by Gasteiger charge is 2.46. The third-order valence-electron chi connectivity index (χ3n) is 4.96. The summed E-state index contributed by atoms with van der Waals surface area (Å²) in [6, 6.07) is 19.2. The van der Waals surface area contributed by atoms with Crippen LogP contribution in [-0.4, -0.2) is 22.8 Å². The Morgan fingerprint density at radius 2 is 1.65 bits per heavy atom. The molecule has 0 saturated carbocycles. The molecule has 0 aliphatic carbocycles. The van der Waals surface area contributed by atoms with Crippen LogP contribution in [0.1, 0.15) is 22.3 Å². The Morgan fingerprint density at radius 1 is 0.935 bits per heavy atom. The summed E-state index contributed by atoms with van der Waals surface area (Å²) in [5.74, 6) is -1.03. The van der Waals surface area contributed by atoms with Gasteiger partial charge in [-0.1, -0.05) is 35.9 Å². The summed E-state index contributed by atoms with van der Waals surface area (Å²) in [6.07, 6.45) is -0.391. The Hall–Kier alpha value is -3.68. The van der Waals surface area contributed by atoms with Gasteiger partial charge in [-0.2, -0.15) is 0 Å². The molecular formula is C23H18ClN3O4. The number of aliphatic hydroxyl groups is 1. The molecule has 7 nitrogen and oxygen atoms in total. The number of Topliss-reactive ketones (excluding diaryl/α,β-unsaturated/α-hetero) is 1. The molecule has 1 atom stereocenters. The van der Waals surface area contributed by atoms with E-state index >= 15 is 0 Å². The first kappa shape index (κ1) is 20.6. The number of halogens is 1. The molecule has 0 radical (unpaired) electrons. The van der Waals surface area contributed by atoms with Crippen LogP contribution in [0.2, 0.25) is 5.02 Å². The van der Waals surface area contributed by atoms with Crippen molar-refractivity contribution >= 4 is 46.4 Å². The molecule has 156 valence electrons. The zero-order valence-electron chi connectivity index (χ0n) is 16.2. The van der Waals surface area contributed by atoms with Gasteiger partial charge in [0.15, 0.2) is 11.4 Å². The van der Waals surface area contributed by atoms with Crippen LogP contribution >= 0.6 is 11.6 Å². The molecule has 4 N–H and O–H groups in total. The first-order valence-corrected chi connectivity index (χ1v) is 9.83. The van der Waals surface area contributed by atoms with Crippen LogP contribution in [0, 0.1) is 0 Å². The summed E-state index contributed by atoms with van der Waals surface area (Å²) in [5, 5.41) is 19.3. The molecule has 3 aromatic carbocycles. The number of nitrogens with one attached hydrogen (secondary N) is 3. The summed E-state index contributed by atoms with van der Waals surface area (Å²) in [5.41, 5.74) is 0.282. The molecule has 3 amide bonds. The minimum Gasteiger partial charge on any atom is -0.375 e. The van der Waals surface area contributed by atoms with E-state index in [9.17, 15) is 19.5 Å². The van der Waals surface area contributed by atoms with Gasteiger partial charge in [0.2, 0.25) is 0 Å². The first-order chi connectivity index (χ1) is 14.8. The van der Waals surface area contributed by atoms with Gasteiger partial charge in [0.05, 0.1) is 6.42 Å². The number of rotatable bonds is 5. The van der Waals surface area contributed by atoms with E-state index in [1.807, 2.05) is 0 Å². The van der Waals surface area contributed by atoms with Crippen LogP contribution < -0.4 is 16.0 Å². The number of carbonyl (C=O) groups excluding carboxylic acids is 3. The number of carbonyl (C=O) groups is 3. The molecule has 0 bridgehead atoms. The van der Waals surface area contributed by atoms with Gasteiger partial charge in [-0.05, 0) is 48.5 Å². The molecule has 0 fully saturated rings. The summed E-state index contributed by atoms with van der Waals surface area (Å²) < 4.78 is 0. The van der Waals surface area contributed by atoms with Crippen LogP contribution in [0.3, 0.4) is 0 Å². The van der Waals surface area contributed by atoms with Gasteiger partial charge in [0.1, 0.15) is 0 Å². The van der Waals surface area contributed by atoms with E-state index in [1.165, 1.54) is 12.1 Å². The number of ketones is 1. The van der Waals surface area contributed by atoms with Crippen molar-refractivity contribution in [3.05, 3.63) is 88.9 Å². The number of urea groups is 1. The highest BCUT2D eigenvalue weighted by Crippen LogP contribution is 2.38. The van der Waals surface area contributed by atoms with E-state index in [4.69, 9.17) is 11.6 Å². The highest BCUT2D eigenvalue weighted by atomic mass is 35.5. The normalized spacial score (nSPS) is 16.9. The molecule has 1 aliphatic heterocycles. The Morgan fingerprint density at radius 3 is 2.39 bits per heavy atom. The molecular weight excluding hydrogens is 418 g/mol. The SMILES string of the molecule is O=C(Nc1ccc(C(=O)CC2(O)C(=O)Nc3ccccc32)cc1)Nc1cccc(Cl)c1. The molecule has 1 heterocycles. The van der Waals surface area contributed by atoms with Crippen molar-refractivity contribution < 1.29 is 19.5 Å². The first-order valence-electron chi connectivity index (χ1n) is 9.45. The van der Waals surface area contributed by atoms with Crippen LogP contribution in [0.4, 0.5) is 21.9 Å². The lowest BCUT2D eigenvalue weighted by atomic mass is 9.88. The number of benzene rings is 3. The van der Waals surface area contributed by atoms with Gasteiger partial charge in [0, 0.05) is 33.2 Å². The summed E-state index contributed by atoms with van der Waals surface area (Å²) in [4.78, 5) is 37.1. The van der Waals surface area contributed by atoms with Crippen LogP contribution in [-0.2, 0) is 10.4 Å². The number of para-hydroxylation sites is 1. The predicted molar refractivity (Wildman–Crippen MR) is 118 cm³/mol. The summed E-state index contributed by atoms with van der Waals surface area (Å²) >= 11 is 5.90. The average Bonchev–Trinajstić information content (AvgIpc) is 2.98. The van der Waals surface area contributed by atoms with Crippen molar-refractivity contribution in [3.8, 4) is 0 Å². The molecule has 0 spiro atoms. The number of amides is 3. The van der Waals surface area contributed by atoms with Crippen LogP contribution in [0.15, 0.2) is 72.8 Å². The lowest BCUT2D eigenvalue weighted by Gasteiger charge is -2.20. The zero-order valence-corrected chi connectivity index (χ0v) is 16.9. The predicted octanol–water partition coefficient (Wildman–Crippen LogP) is 4.40. The van der Waals surface area contributed by atoms with Crippen molar-refractivity contribution in [2.45, 2.75) is 12.0 Å². The topological polar surface area (TPSA) is 108 Å². The largest absolute Gasteiger partial charge is 0.375 e. The fourth-order valence-corrected chi connectivity index (χ4v) is 3.60. The lowest BCUT2D eigenvalue weighted by molar-refractivity contribution is -0.133. The summed E-state index contributed by atoms with van der Waals surface area (Å²) in [7, 11) is 0. The quantitative estimate of drug-likeness (QED) is 0.445. The maximum absolute atomic E-state index is 12.7. The maximum atomic E-state index is 12.7. The second-order valence-electron chi connectivity index (χ2n) is 7.13. The van der Waals surface area contributed by atoms with E-state index in [0.717, 1.165) is 0 Å². The van der Waals surface area contributed by atoms with Gasteiger partial charge < -0.3 is 21.1 Å². The van der Waals surface area contributed by atoms with Gasteiger partial charge in [-0.25, -0.2) is 4.79 Å². The van der Waals surface area contributed by atoms with Crippen LogP contribution in [0.5, 0.6) is 0 Å². The van der Waals surface area contributed by atoms with Crippen molar-refractivity contribution in [2.24, 2.45) is 0 Å².